The van der Waals surface area contributed by atoms with Gasteiger partial charge in [0.05, 0.1) is 11.3 Å². The van der Waals surface area contributed by atoms with E-state index >= 15 is 0 Å². The van der Waals surface area contributed by atoms with Crippen LogP contribution in [0.3, 0.4) is 0 Å². The number of nitro groups is 1. The third-order valence-corrected chi connectivity index (χ3v) is 4.16. The lowest BCUT2D eigenvalue weighted by Gasteiger charge is -2.10. The number of hydrogen-bond acceptors (Lipinski definition) is 6. The van der Waals surface area contributed by atoms with Crippen LogP contribution in [0.4, 0.5) is 5.69 Å². The Hall–Kier alpha value is -3.87. The van der Waals surface area contributed by atoms with E-state index < -0.39 is 4.92 Å². The monoisotopic (exact) mass is 376 g/mol. The topological polar surface area (TPSA) is 83.2 Å². The molecule has 0 spiro atoms. The molecule has 0 bridgehead atoms. The average molecular weight is 376 g/mol. The molecule has 7 nitrogen and oxygen atoms in total. The van der Waals surface area contributed by atoms with Gasteiger partial charge >= 0.3 is 0 Å². The van der Waals surface area contributed by atoms with E-state index in [1.54, 1.807) is 0 Å². The normalized spacial score (nSPS) is 15.4. The summed E-state index contributed by atoms with van der Waals surface area (Å²) in [7, 11) is 0. The van der Waals surface area contributed by atoms with Crippen LogP contribution in [0, 0.1) is 10.1 Å². The highest BCUT2D eigenvalue weighted by Crippen LogP contribution is 2.30. The van der Waals surface area contributed by atoms with Crippen LogP contribution in [0.15, 0.2) is 84.0 Å². The molecule has 0 amide bonds. The minimum absolute atomic E-state index is 0.00708. The minimum Gasteiger partial charge on any atom is -0.457 e. The highest BCUT2D eigenvalue weighted by atomic mass is 16.7. The lowest BCUT2D eigenvalue weighted by Crippen LogP contribution is -2.07. The van der Waals surface area contributed by atoms with Gasteiger partial charge < -0.3 is 14.3 Å². The van der Waals surface area contributed by atoms with E-state index in [0.29, 0.717) is 18.1 Å². The maximum Gasteiger partial charge on any atom is 0.269 e. The van der Waals surface area contributed by atoms with Crippen molar-refractivity contribution in [2.45, 2.75) is 12.5 Å². The Balaban J connectivity index is 1.35. The van der Waals surface area contributed by atoms with Gasteiger partial charge in [-0.25, -0.2) is 0 Å². The second-order valence-electron chi connectivity index (χ2n) is 6.12. The van der Waals surface area contributed by atoms with Crippen molar-refractivity contribution in [2.24, 2.45) is 5.16 Å². The van der Waals surface area contributed by atoms with Gasteiger partial charge in [-0.3, -0.25) is 10.1 Å². The number of oxime groups is 1. The molecule has 3 aromatic carbocycles. The van der Waals surface area contributed by atoms with Gasteiger partial charge in [0.15, 0.2) is 6.10 Å². The quantitative estimate of drug-likeness (QED) is 0.449. The molecule has 4 rings (SSSR count). The summed E-state index contributed by atoms with van der Waals surface area (Å²) in [4.78, 5) is 15.7. The number of nitrogens with zero attached hydrogens (tertiary/aromatic N) is 2. The second kappa shape index (κ2) is 7.79. The van der Waals surface area contributed by atoms with Gasteiger partial charge in [-0.1, -0.05) is 35.5 Å². The molecule has 1 unspecified atom stereocenters. The molecule has 0 saturated heterocycles. The van der Waals surface area contributed by atoms with Gasteiger partial charge in [0.25, 0.3) is 5.69 Å². The SMILES string of the molecule is O=[N+]([O-])c1ccc(OC2=NOC(c3ccc(Oc4ccccc4)cc3)C2)cc1. The highest BCUT2D eigenvalue weighted by Gasteiger charge is 2.24. The van der Waals surface area contributed by atoms with Gasteiger partial charge in [0.2, 0.25) is 5.90 Å². The van der Waals surface area contributed by atoms with Crippen LogP contribution in [0.25, 0.3) is 0 Å². The molecule has 28 heavy (non-hydrogen) atoms. The summed E-state index contributed by atoms with van der Waals surface area (Å²) < 4.78 is 11.4. The van der Waals surface area contributed by atoms with Crippen molar-refractivity contribution in [2.75, 3.05) is 0 Å². The van der Waals surface area contributed by atoms with Crippen molar-refractivity contribution < 1.29 is 19.2 Å². The van der Waals surface area contributed by atoms with Crippen molar-refractivity contribution in [3.63, 3.8) is 0 Å². The number of para-hydroxylation sites is 1. The minimum atomic E-state index is -0.457. The second-order valence-corrected chi connectivity index (χ2v) is 6.12. The summed E-state index contributed by atoms with van der Waals surface area (Å²) in [5.41, 5.74) is 0.958. The van der Waals surface area contributed by atoms with Gasteiger partial charge in [-0.05, 0) is 42.0 Å². The van der Waals surface area contributed by atoms with Crippen molar-refractivity contribution in [1.82, 2.24) is 0 Å². The molecule has 1 aliphatic rings. The third kappa shape index (κ3) is 4.09. The molecule has 0 radical (unpaired) electrons. The highest BCUT2D eigenvalue weighted by molar-refractivity contribution is 5.79. The van der Waals surface area contributed by atoms with Crippen LogP contribution in [-0.2, 0) is 4.84 Å². The molecule has 1 aliphatic heterocycles. The smallest absolute Gasteiger partial charge is 0.269 e. The first-order valence-electron chi connectivity index (χ1n) is 8.65. The zero-order valence-corrected chi connectivity index (χ0v) is 14.7. The summed E-state index contributed by atoms with van der Waals surface area (Å²) in [5, 5.41) is 14.7. The maximum atomic E-state index is 10.7. The molecule has 1 heterocycles. The predicted octanol–water partition coefficient (Wildman–Crippen LogP) is 5.24. The van der Waals surface area contributed by atoms with Crippen molar-refractivity contribution in [1.29, 1.82) is 0 Å². The third-order valence-electron chi connectivity index (χ3n) is 4.16. The van der Waals surface area contributed by atoms with Gasteiger partial charge in [-0.2, -0.15) is 0 Å². The molecule has 1 atom stereocenters. The first kappa shape index (κ1) is 17.5. The first-order chi connectivity index (χ1) is 13.7. The molecule has 0 aromatic heterocycles. The van der Waals surface area contributed by atoms with E-state index in [-0.39, 0.29) is 11.8 Å². The summed E-state index contributed by atoms with van der Waals surface area (Å²) in [6, 6.07) is 23.0. The number of non-ortho nitro benzene ring substituents is 1. The standard InChI is InChI=1S/C21H16N2O5/c24-23(25)16-8-12-19(13-9-16)27-21-14-20(28-22-21)15-6-10-18(11-7-15)26-17-4-2-1-3-5-17/h1-13,20H,14H2. The molecule has 0 N–H and O–H groups in total. The fraction of sp³-hybridized carbons (Fsp3) is 0.0952. The Labute approximate surface area is 160 Å². The molecular weight excluding hydrogens is 360 g/mol. The van der Waals surface area contributed by atoms with E-state index in [1.165, 1.54) is 24.3 Å². The molecule has 3 aromatic rings. The lowest BCUT2D eigenvalue weighted by molar-refractivity contribution is -0.384. The molecular formula is C21H16N2O5. The first-order valence-corrected chi connectivity index (χ1v) is 8.65. The van der Waals surface area contributed by atoms with Crippen LogP contribution in [0.5, 0.6) is 17.2 Å². The summed E-state index contributed by atoms with van der Waals surface area (Å²) in [6.45, 7) is 0. The van der Waals surface area contributed by atoms with E-state index in [1.807, 2.05) is 54.6 Å². The zero-order chi connectivity index (χ0) is 19.3. The Bertz CT molecular complexity index is 986. The number of benzene rings is 3. The largest absolute Gasteiger partial charge is 0.457 e. The van der Waals surface area contributed by atoms with E-state index in [2.05, 4.69) is 5.16 Å². The number of hydrogen-bond donors (Lipinski definition) is 0. The summed E-state index contributed by atoms with van der Waals surface area (Å²) in [6.07, 6.45) is 0.217. The van der Waals surface area contributed by atoms with Crippen molar-refractivity contribution in [3.8, 4) is 17.2 Å². The predicted molar refractivity (Wildman–Crippen MR) is 103 cm³/mol. The number of ether oxygens (including phenoxy) is 2. The molecule has 0 saturated carbocycles. The average Bonchev–Trinajstić information content (AvgIpc) is 3.18. The Morgan fingerprint density at radius 2 is 1.46 bits per heavy atom. The summed E-state index contributed by atoms with van der Waals surface area (Å²) in [5.74, 6) is 2.40. The van der Waals surface area contributed by atoms with Gasteiger partial charge in [0.1, 0.15) is 17.2 Å². The van der Waals surface area contributed by atoms with E-state index in [4.69, 9.17) is 14.3 Å². The van der Waals surface area contributed by atoms with Crippen LogP contribution in [0.1, 0.15) is 18.1 Å². The van der Waals surface area contributed by atoms with E-state index in [0.717, 1.165) is 17.1 Å². The van der Waals surface area contributed by atoms with Crippen molar-refractivity contribution >= 4 is 11.6 Å². The molecule has 0 fully saturated rings. The van der Waals surface area contributed by atoms with Crippen LogP contribution in [-0.4, -0.2) is 10.8 Å². The number of rotatable bonds is 5. The van der Waals surface area contributed by atoms with E-state index in [9.17, 15) is 10.1 Å². The Kier molecular flexibility index (Phi) is 4.88. The van der Waals surface area contributed by atoms with Crippen LogP contribution >= 0.6 is 0 Å². The van der Waals surface area contributed by atoms with Crippen molar-refractivity contribution in [3.05, 3.63) is 94.5 Å². The molecule has 140 valence electrons. The van der Waals surface area contributed by atoms with Gasteiger partial charge in [-0.15, -0.1) is 0 Å². The fourth-order valence-electron chi connectivity index (χ4n) is 2.74. The van der Waals surface area contributed by atoms with Gasteiger partial charge in [0, 0.05) is 12.1 Å². The molecule has 7 heteroatoms. The molecule has 0 aliphatic carbocycles. The number of nitro benzene ring substituents is 1. The summed E-state index contributed by atoms with van der Waals surface area (Å²) >= 11 is 0. The zero-order valence-electron chi connectivity index (χ0n) is 14.7. The Morgan fingerprint density at radius 1 is 0.857 bits per heavy atom. The fourth-order valence-corrected chi connectivity index (χ4v) is 2.74. The maximum absolute atomic E-state index is 10.7. The Morgan fingerprint density at radius 3 is 2.14 bits per heavy atom. The van der Waals surface area contributed by atoms with Crippen LogP contribution < -0.4 is 9.47 Å². The lowest BCUT2D eigenvalue weighted by atomic mass is 10.1. The van der Waals surface area contributed by atoms with Crippen LogP contribution in [0.2, 0.25) is 0 Å².